The normalized spacial score (nSPS) is 21.3. The minimum Gasteiger partial charge on any atom is -0.372 e. The second-order valence-electron chi connectivity index (χ2n) is 4.75. The number of benzene rings is 2. The van der Waals surface area contributed by atoms with Gasteiger partial charge in [-0.1, -0.05) is 48.5 Å². The Hall–Kier alpha value is -2.36. The van der Waals surface area contributed by atoms with Crippen molar-refractivity contribution in [3.05, 3.63) is 75.8 Å². The van der Waals surface area contributed by atoms with Gasteiger partial charge in [-0.25, -0.2) is 0 Å². The average Bonchev–Trinajstić information content (AvgIpc) is 2.46. The molecule has 19 heavy (non-hydrogen) atoms. The van der Waals surface area contributed by atoms with Crippen molar-refractivity contribution in [3.8, 4) is 0 Å². The van der Waals surface area contributed by atoms with Gasteiger partial charge in [0.25, 0.3) is 0 Å². The third kappa shape index (κ3) is 2.17. The first-order valence-corrected chi connectivity index (χ1v) is 6.28. The minimum absolute atomic E-state index is 0.180. The molecule has 2 aromatic rings. The molecule has 2 unspecified atom stereocenters. The van der Waals surface area contributed by atoms with Crippen LogP contribution in [0.2, 0.25) is 0 Å². The molecule has 3 rings (SSSR count). The summed E-state index contributed by atoms with van der Waals surface area (Å²) in [5.41, 5.74) is 2.96. The van der Waals surface area contributed by atoms with Gasteiger partial charge in [-0.2, -0.15) is 0 Å². The maximum Gasteiger partial charge on any atom is 0.241 e. The maximum absolute atomic E-state index is 11.3. The summed E-state index contributed by atoms with van der Waals surface area (Å²) >= 11 is 0. The molecule has 0 saturated carbocycles. The number of hydrogen-bond acceptors (Lipinski definition) is 3. The number of fused-ring (bicyclic) bond motifs is 1. The first kappa shape index (κ1) is 11.7. The number of hydrogen-bond donors (Lipinski definition) is 1. The Bertz CT molecular complexity index is 598. The molecular weight excluding hydrogens is 240 g/mol. The number of nitro groups is 1. The number of rotatable bonds is 2. The van der Waals surface area contributed by atoms with Crippen molar-refractivity contribution >= 4 is 5.69 Å². The molecule has 1 aliphatic rings. The van der Waals surface area contributed by atoms with Crippen molar-refractivity contribution in [2.75, 3.05) is 5.32 Å². The molecular formula is C15H14N2O2. The molecule has 0 saturated heterocycles. The molecule has 0 spiro atoms. The third-order valence-corrected chi connectivity index (χ3v) is 3.57. The van der Waals surface area contributed by atoms with Crippen LogP contribution in [-0.2, 0) is 6.42 Å². The van der Waals surface area contributed by atoms with Gasteiger partial charge in [0.05, 0.1) is 0 Å². The Balaban J connectivity index is 2.01. The van der Waals surface area contributed by atoms with Gasteiger partial charge in [-0.3, -0.25) is 10.1 Å². The lowest BCUT2D eigenvalue weighted by molar-refractivity contribution is -0.525. The predicted molar refractivity (Wildman–Crippen MR) is 73.7 cm³/mol. The first-order valence-electron chi connectivity index (χ1n) is 6.28. The molecule has 96 valence electrons. The van der Waals surface area contributed by atoms with Gasteiger partial charge in [0.2, 0.25) is 6.04 Å². The molecule has 0 amide bonds. The summed E-state index contributed by atoms with van der Waals surface area (Å²) in [7, 11) is 0. The van der Waals surface area contributed by atoms with Gasteiger partial charge in [-0.15, -0.1) is 0 Å². The van der Waals surface area contributed by atoms with Gasteiger partial charge < -0.3 is 5.32 Å². The number of nitrogens with zero attached hydrogens (tertiary/aromatic N) is 1. The van der Waals surface area contributed by atoms with E-state index >= 15 is 0 Å². The molecule has 0 aliphatic carbocycles. The lowest BCUT2D eigenvalue weighted by Gasteiger charge is -2.29. The Labute approximate surface area is 111 Å². The summed E-state index contributed by atoms with van der Waals surface area (Å²) in [6.07, 6.45) is 0.468. The van der Waals surface area contributed by atoms with Gasteiger partial charge in [0.15, 0.2) is 0 Å². The maximum atomic E-state index is 11.3. The highest BCUT2D eigenvalue weighted by Gasteiger charge is 2.37. The summed E-state index contributed by atoms with van der Waals surface area (Å²) in [6.45, 7) is 0. The lowest BCUT2D eigenvalue weighted by atomic mass is 9.89. The van der Waals surface area contributed by atoms with Crippen molar-refractivity contribution in [1.29, 1.82) is 0 Å². The molecule has 1 aliphatic heterocycles. The van der Waals surface area contributed by atoms with Crippen LogP contribution in [0.3, 0.4) is 0 Å². The smallest absolute Gasteiger partial charge is 0.241 e. The SMILES string of the molecule is O=[N+]([O-])C1Cc2ccccc2NC1c1ccccc1. The topological polar surface area (TPSA) is 55.2 Å². The van der Waals surface area contributed by atoms with Crippen molar-refractivity contribution in [3.63, 3.8) is 0 Å². The number of anilines is 1. The molecule has 2 aromatic carbocycles. The molecule has 1 heterocycles. The van der Waals surface area contributed by atoms with Crippen LogP contribution in [0.15, 0.2) is 54.6 Å². The first-order chi connectivity index (χ1) is 9.25. The van der Waals surface area contributed by atoms with Gasteiger partial charge in [0, 0.05) is 17.0 Å². The van der Waals surface area contributed by atoms with Crippen LogP contribution in [0.5, 0.6) is 0 Å². The number of para-hydroxylation sites is 1. The Morgan fingerprint density at radius 2 is 1.74 bits per heavy atom. The quantitative estimate of drug-likeness (QED) is 0.662. The van der Waals surface area contributed by atoms with E-state index in [0.29, 0.717) is 6.42 Å². The van der Waals surface area contributed by atoms with E-state index in [1.54, 1.807) is 0 Å². The summed E-state index contributed by atoms with van der Waals surface area (Å²) in [5.74, 6) is 0. The van der Waals surface area contributed by atoms with E-state index in [4.69, 9.17) is 0 Å². The summed E-state index contributed by atoms with van der Waals surface area (Å²) in [5, 5.41) is 14.6. The standard InChI is InChI=1S/C15H14N2O2/c18-17(19)14-10-12-8-4-5-9-13(12)16-15(14)11-6-2-1-3-7-11/h1-9,14-16H,10H2. The van der Waals surface area contributed by atoms with Gasteiger partial charge >= 0.3 is 0 Å². The average molecular weight is 254 g/mol. The van der Waals surface area contributed by atoms with E-state index in [2.05, 4.69) is 5.32 Å². The minimum atomic E-state index is -0.628. The summed E-state index contributed by atoms with van der Waals surface area (Å²) in [4.78, 5) is 11.1. The van der Waals surface area contributed by atoms with Crippen molar-refractivity contribution in [1.82, 2.24) is 0 Å². The molecule has 4 heteroatoms. The largest absolute Gasteiger partial charge is 0.372 e. The fourth-order valence-corrected chi connectivity index (χ4v) is 2.61. The van der Waals surface area contributed by atoms with Crippen LogP contribution in [-0.4, -0.2) is 11.0 Å². The second kappa shape index (κ2) is 4.72. The molecule has 0 radical (unpaired) electrons. The number of nitrogens with one attached hydrogen (secondary N) is 1. The highest BCUT2D eigenvalue weighted by atomic mass is 16.6. The Kier molecular flexibility index (Phi) is 2.91. The third-order valence-electron chi connectivity index (χ3n) is 3.57. The molecule has 0 aromatic heterocycles. The van der Waals surface area contributed by atoms with Gasteiger partial charge in [0.1, 0.15) is 6.04 Å². The lowest BCUT2D eigenvalue weighted by Crippen LogP contribution is -2.38. The van der Waals surface area contributed by atoms with Crippen LogP contribution < -0.4 is 5.32 Å². The van der Waals surface area contributed by atoms with Crippen LogP contribution >= 0.6 is 0 Å². The van der Waals surface area contributed by atoms with E-state index in [1.165, 1.54) is 0 Å². The second-order valence-corrected chi connectivity index (χ2v) is 4.75. The molecule has 4 nitrogen and oxygen atoms in total. The zero-order chi connectivity index (χ0) is 13.2. The highest BCUT2D eigenvalue weighted by molar-refractivity contribution is 5.55. The Morgan fingerprint density at radius 3 is 2.47 bits per heavy atom. The highest BCUT2D eigenvalue weighted by Crippen LogP contribution is 2.33. The van der Waals surface area contributed by atoms with Crippen molar-refractivity contribution in [2.45, 2.75) is 18.5 Å². The van der Waals surface area contributed by atoms with Crippen LogP contribution in [0, 0.1) is 10.1 Å². The molecule has 0 bridgehead atoms. The monoisotopic (exact) mass is 254 g/mol. The zero-order valence-corrected chi connectivity index (χ0v) is 10.3. The van der Waals surface area contributed by atoms with E-state index < -0.39 is 6.04 Å². The molecule has 2 atom stereocenters. The fourth-order valence-electron chi connectivity index (χ4n) is 2.61. The predicted octanol–water partition coefficient (Wildman–Crippen LogP) is 3.04. The van der Waals surface area contributed by atoms with E-state index in [0.717, 1.165) is 16.8 Å². The molecule has 1 N–H and O–H groups in total. The van der Waals surface area contributed by atoms with Gasteiger partial charge in [-0.05, 0) is 17.2 Å². The summed E-state index contributed by atoms with van der Waals surface area (Å²) in [6, 6.07) is 16.5. The van der Waals surface area contributed by atoms with E-state index in [-0.39, 0.29) is 11.0 Å². The van der Waals surface area contributed by atoms with Crippen LogP contribution in [0.25, 0.3) is 0 Å². The molecule has 0 fully saturated rings. The fraction of sp³-hybridized carbons (Fsp3) is 0.200. The van der Waals surface area contributed by atoms with E-state index in [9.17, 15) is 10.1 Å². The Morgan fingerprint density at radius 1 is 1.05 bits per heavy atom. The van der Waals surface area contributed by atoms with E-state index in [1.807, 2.05) is 54.6 Å². The van der Waals surface area contributed by atoms with Crippen LogP contribution in [0.1, 0.15) is 17.2 Å². The summed E-state index contributed by atoms with van der Waals surface area (Å²) < 4.78 is 0. The van der Waals surface area contributed by atoms with Crippen LogP contribution in [0.4, 0.5) is 5.69 Å². The zero-order valence-electron chi connectivity index (χ0n) is 10.3. The van der Waals surface area contributed by atoms with Crippen molar-refractivity contribution < 1.29 is 4.92 Å². The van der Waals surface area contributed by atoms with Crippen molar-refractivity contribution in [2.24, 2.45) is 0 Å².